The van der Waals surface area contributed by atoms with Crippen LogP contribution in [0, 0.1) is 5.41 Å². The summed E-state index contributed by atoms with van der Waals surface area (Å²) in [4.78, 5) is 14.1. The molecule has 0 radical (unpaired) electrons. The molecule has 15 heavy (non-hydrogen) atoms. The van der Waals surface area contributed by atoms with Gasteiger partial charge in [0.1, 0.15) is 0 Å². The molecule has 2 N–H and O–H groups in total. The van der Waals surface area contributed by atoms with E-state index in [4.69, 9.17) is 0 Å². The van der Waals surface area contributed by atoms with E-state index < -0.39 is 0 Å². The van der Waals surface area contributed by atoms with E-state index >= 15 is 0 Å². The molecule has 2 aliphatic rings. The fourth-order valence-electron chi connectivity index (χ4n) is 2.52. The Kier molecular flexibility index (Phi) is 2.98. The van der Waals surface area contributed by atoms with Crippen molar-refractivity contribution < 1.29 is 9.90 Å². The molecular formula is C11H20N2O2. The summed E-state index contributed by atoms with van der Waals surface area (Å²) < 4.78 is 0. The molecule has 4 heteroatoms. The lowest BCUT2D eigenvalue weighted by atomic mass is 9.87. The molecule has 0 aromatic rings. The monoisotopic (exact) mass is 212 g/mol. The van der Waals surface area contributed by atoms with E-state index in [0.717, 1.165) is 38.9 Å². The average Bonchev–Trinajstić information content (AvgIpc) is 2.65. The molecule has 0 bridgehead atoms. The predicted octanol–water partition coefficient (Wildman–Crippen LogP) is -0.0307. The summed E-state index contributed by atoms with van der Waals surface area (Å²) in [5.74, 6) is 0.214. The van der Waals surface area contributed by atoms with Crippen LogP contribution in [0.1, 0.15) is 26.2 Å². The third-order valence-electron chi connectivity index (χ3n) is 3.57. The van der Waals surface area contributed by atoms with Crippen LogP contribution in [0.4, 0.5) is 0 Å². The zero-order valence-electron chi connectivity index (χ0n) is 9.33. The quantitative estimate of drug-likeness (QED) is 0.642. The Labute approximate surface area is 90.6 Å². The number of carbonyl (C=O) groups excluding carboxylic acids is 1. The Hall–Kier alpha value is -0.610. The van der Waals surface area contributed by atoms with Crippen molar-refractivity contribution in [1.82, 2.24) is 10.2 Å². The Morgan fingerprint density at radius 3 is 3.00 bits per heavy atom. The number of amides is 1. The highest BCUT2D eigenvalue weighted by Gasteiger charge is 2.40. The van der Waals surface area contributed by atoms with Gasteiger partial charge < -0.3 is 15.3 Å². The van der Waals surface area contributed by atoms with Crippen molar-refractivity contribution >= 4 is 5.91 Å². The van der Waals surface area contributed by atoms with Gasteiger partial charge in [-0.15, -0.1) is 0 Å². The lowest BCUT2D eigenvalue weighted by Gasteiger charge is -2.35. The van der Waals surface area contributed by atoms with E-state index in [9.17, 15) is 9.90 Å². The van der Waals surface area contributed by atoms with Crippen molar-refractivity contribution in [2.24, 2.45) is 5.41 Å². The maximum Gasteiger partial charge on any atom is 0.229 e. The van der Waals surface area contributed by atoms with Gasteiger partial charge in [0.05, 0.1) is 11.5 Å². The number of hydrogen-bond donors (Lipinski definition) is 2. The average molecular weight is 212 g/mol. The van der Waals surface area contributed by atoms with Crippen LogP contribution in [0.25, 0.3) is 0 Å². The summed E-state index contributed by atoms with van der Waals surface area (Å²) in [5, 5.41) is 12.8. The highest BCUT2D eigenvalue weighted by atomic mass is 16.3. The first-order valence-electron chi connectivity index (χ1n) is 5.80. The number of nitrogens with zero attached hydrogens (tertiary/aromatic N) is 1. The molecule has 2 atom stereocenters. The lowest BCUT2D eigenvalue weighted by molar-refractivity contribution is -0.143. The first-order valence-corrected chi connectivity index (χ1v) is 5.80. The third-order valence-corrected chi connectivity index (χ3v) is 3.57. The van der Waals surface area contributed by atoms with Crippen LogP contribution < -0.4 is 5.32 Å². The lowest BCUT2D eigenvalue weighted by Crippen LogP contribution is -2.49. The van der Waals surface area contributed by atoms with Gasteiger partial charge in [-0.05, 0) is 32.7 Å². The molecule has 0 aliphatic carbocycles. The van der Waals surface area contributed by atoms with Crippen LogP contribution in [-0.2, 0) is 4.79 Å². The molecule has 2 aliphatic heterocycles. The normalized spacial score (nSPS) is 36.9. The van der Waals surface area contributed by atoms with Gasteiger partial charge in [-0.1, -0.05) is 0 Å². The van der Waals surface area contributed by atoms with Crippen molar-refractivity contribution in [3.05, 3.63) is 0 Å². The van der Waals surface area contributed by atoms with Gasteiger partial charge in [-0.2, -0.15) is 0 Å². The van der Waals surface area contributed by atoms with E-state index in [1.165, 1.54) is 0 Å². The summed E-state index contributed by atoms with van der Waals surface area (Å²) in [6.45, 7) is 5.06. The summed E-state index contributed by atoms with van der Waals surface area (Å²) in [6.07, 6.45) is 2.36. The molecular weight excluding hydrogens is 192 g/mol. The maximum atomic E-state index is 12.2. The van der Waals surface area contributed by atoms with E-state index in [0.29, 0.717) is 6.54 Å². The molecule has 0 aromatic heterocycles. The maximum absolute atomic E-state index is 12.2. The predicted molar refractivity (Wildman–Crippen MR) is 57.4 cm³/mol. The molecule has 2 heterocycles. The van der Waals surface area contributed by atoms with Crippen LogP contribution in [0.15, 0.2) is 0 Å². The Balaban J connectivity index is 2.00. The zero-order chi connectivity index (χ0) is 10.9. The van der Waals surface area contributed by atoms with Crippen LogP contribution in [0.2, 0.25) is 0 Å². The Morgan fingerprint density at radius 2 is 2.40 bits per heavy atom. The number of hydrogen-bond acceptors (Lipinski definition) is 3. The summed E-state index contributed by atoms with van der Waals surface area (Å²) in [6, 6.07) is 0. The van der Waals surface area contributed by atoms with E-state index in [2.05, 4.69) is 5.32 Å². The first kappa shape index (κ1) is 10.9. The summed E-state index contributed by atoms with van der Waals surface area (Å²) >= 11 is 0. The Morgan fingerprint density at radius 1 is 1.60 bits per heavy atom. The minimum Gasteiger partial charge on any atom is -0.391 e. The molecule has 0 aromatic carbocycles. The van der Waals surface area contributed by atoms with Crippen molar-refractivity contribution in [3.63, 3.8) is 0 Å². The highest BCUT2D eigenvalue weighted by Crippen LogP contribution is 2.28. The number of rotatable bonds is 1. The van der Waals surface area contributed by atoms with Gasteiger partial charge in [0, 0.05) is 19.6 Å². The number of likely N-dealkylation sites (tertiary alicyclic amines) is 1. The summed E-state index contributed by atoms with van der Waals surface area (Å²) in [7, 11) is 0. The van der Waals surface area contributed by atoms with E-state index in [1.54, 1.807) is 0 Å². The van der Waals surface area contributed by atoms with Gasteiger partial charge in [0.2, 0.25) is 5.91 Å². The van der Waals surface area contributed by atoms with Gasteiger partial charge in [-0.25, -0.2) is 0 Å². The van der Waals surface area contributed by atoms with Gasteiger partial charge in [0.15, 0.2) is 0 Å². The van der Waals surface area contributed by atoms with E-state index in [1.807, 2.05) is 11.8 Å². The molecule has 0 spiro atoms. The molecule has 2 rings (SSSR count). The second-order valence-corrected chi connectivity index (χ2v) is 5.03. The van der Waals surface area contributed by atoms with Crippen LogP contribution in [0.5, 0.6) is 0 Å². The van der Waals surface area contributed by atoms with Crippen molar-refractivity contribution in [3.8, 4) is 0 Å². The minimum atomic E-state index is -0.319. The van der Waals surface area contributed by atoms with Crippen molar-refractivity contribution in [2.75, 3.05) is 26.2 Å². The van der Waals surface area contributed by atoms with Crippen molar-refractivity contribution in [1.29, 1.82) is 0 Å². The molecule has 1 amide bonds. The van der Waals surface area contributed by atoms with Crippen molar-refractivity contribution in [2.45, 2.75) is 32.3 Å². The molecule has 2 fully saturated rings. The summed E-state index contributed by atoms with van der Waals surface area (Å²) in [5.41, 5.74) is -0.239. The SMILES string of the molecule is CC1(C(=O)N2CCCC(O)C2)CCNC1. The molecule has 0 saturated carbocycles. The smallest absolute Gasteiger partial charge is 0.229 e. The zero-order valence-corrected chi connectivity index (χ0v) is 9.33. The molecule has 2 unspecified atom stereocenters. The van der Waals surface area contributed by atoms with Crippen LogP contribution in [0.3, 0.4) is 0 Å². The Bertz CT molecular complexity index is 249. The largest absolute Gasteiger partial charge is 0.391 e. The third kappa shape index (κ3) is 2.16. The van der Waals surface area contributed by atoms with Crippen LogP contribution >= 0.6 is 0 Å². The molecule has 4 nitrogen and oxygen atoms in total. The number of aliphatic hydroxyl groups is 1. The number of carbonyl (C=O) groups is 1. The fourth-order valence-corrected chi connectivity index (χ4v) is 2.52. The number of aliphatic hydroxyl groups excluding tert-OH is 1. The van der Waals surface area contributed by atoms with E-state index in [-0.39, 0.29) is 17.4 Å². The first-order chi connectivity index (χ1) is 7.12. The fraction of sp³-hybridized carbons (Fsp3) is 0.909. The molecule has 86 valence electrons. The molecule has 2 saturated heterocycles. The standard InChI is InChI=1S/C11H20N2O2/c1-11(4-5-12-8-11)10(15)13-6-2-3-9(14)7-13/h9,12,14H,2-8H2,1H3. The topological polar surface area (TPSA) is 52.6 Å². The second-order valence-electron chi connectivity index (χ2n) is 5.03. The van der Waals surface area contributed by atoms with Gasteiger partial charge >= 0.3 is 0 Å². The highest BCUT2D eigenvalue weighted by molar-refractivity contribution is 5.83. The number of nitrogens with one attached hydrogen (secondary N) is 1. The minimum absolute atomic E-state index is 0.214. The number of β-amino-alcohol motifs (C(OH)–C–C–N with tert-alkyl or cyclic N) is 1. The van der Waals surface area contributed by atoms with Crippen LogP contribution in [-0.4, -0.2) is 48.2 Å². The number of piperidine rings is 1. The van der Waals surface area contributed by atoms with Gasteiger partial charge in [-0.3, -0.25) is 4.79 Å². The second kappa shape index (κ2) is 4.10. The van der Waals surface area contributed by atoms with Gasteiger partial charge in [0.25, 0.3) is 0 Å².